The fraction of sp³-hybridized carbons (Fsp3) is 0.231. The molecule has 5 heteroatoms. The molecule has 3 N–H and O–H groups in total. The largest absolute Gasteiger partial charge is 0.477 e. The van der Waals surface area contributed by atoms with Crippen molar-refractivity contribution in [3.05, 3.63) is 45.9 Å². The maximum Gasteiger partial charge on any atom is 0.354 e. The standard InChI is InChI=1S/C13H14N2O3/c1-7(2)8-3-5-9(6-4-8)10-11(13(17)18)14-15-12(10)16/h3-7H,1-2H3,(H,17,18)(H2,14,15,16). The van der Waals surface area contributed by atoms with Gasteiger partial charge in [0.15, 0.2) is 5.69 Å². The smallest absolute Gasteiger partial charge is 0.354 e. The average Bonchev–Trinajstić information content (AvgIpc) is 2.71. The van der Waals surface area contributed by atoms with E-state index < -0.39 is 11.5 Å². The number of nitrogens with one attached hydrogen (secondary N) is 2. The minimum atomic E-state index is -1.16. The number of carboxylic acid groups (broad SMARTS) is 1. The molecule has 0 aliphatic rings. The summed E-state index contributed by atoms with van der Waals surface area (Å²) < 4.78 is 0. The Morgan fingerprint density at radius 2 is 1.78 bits per heavy atom. The third kappa shape index (κ3) is 2.07. The van der Waals surface area contributed by atoms with Crippen LogP contribution in [0.2, 0.25) is 0 Å². The second-order valence-corrected chi connectivity index (χ2v) is 4.41. The van der Waals surface area contributed by atoms with Gasteiger partial charge >= 0.3 is 5.97 Å². The van der Waals surface area contributed by atoms with Gasteiger partial charge in [0.05, 0.1) is 5.56 Å². The summed E-state index contributed by atoms with van der Waals surface area (Å²) in [7, 11) is 0. The second-order valence-electron chi connectivity index (χ2n) is 4.41. The molecule has 18 heavy (non-hydrogen) atoms. The summed E-state index contributed by atoms with van der Waals surface area (Å²) in [5, 5.41) is 13.7. The molecule has 5 nitrogen and oxygen atoms in total. The summed E-state index contributed by atoms with van der Waals surface area (Å²) in [6.45, 7) is 4.14. The molecule has 0 amide bonds. The van der Waals surface area contributed by atoms with Crippen molar-refractivity contribution in [3.8, 4) is 11.1 Å². The molecule has 0 saturated heterocycles. The highest BCUT2D eigenvalue weighted by Crippen LogP contribution is 2.22. The first kappa shape index (κ1) is 12.2. The maximum atomic E-state index is 11.6. The molecule has 0 unspecified atom stereocenters. The fourth-order valence-corrected chi connectivity index (χ4v) is 1.83. The summed E-state index contributed by atoms with van der Waals surface area (Å²) in [6, 6.07) is 7.33. The average molecular weight is 246 g/mol. The van der Waals surface area contributed by atoms with Crippen LogP contribution in [-0.2, 0) is 0 Å². The van der Waals surface area contributed by atoms with Gasteiger partial charge in [-0.3, -0.25) is 15.0 Å². The highest BCUT2D eigenvalue weighted by atomic mass is 16.4. The van der Waals surface area contributed by atoms with Crippen molar-refractivity contribution in [3.63, 3.8) is 0 Å². The first-order chi connectivity index (χ1) is 8.50. The van der Waals surface area contributed by atoms with E-state index in [1.54, 1.807) is 12.1 Å². The van der Waals surface area contributed by atoms with E-state index in [1.165, 1.54) is 0 Å². The zero-order valence-electron chi connectivity index (χ0n) is 10.2. The molecule has 0 aliphatic heterocycles. The van der Waals surface area contributed by atoms with Crippen LogP contribution >= 0.6 is 0 Å². The molecule has 2 rings (SSSR count). The molecule has 0 bridgehead atoms. The van der Waals surface area contributed by atoms with Gasteiger partial charge in [-0.2, -0.15) is 0 Å². The third-order valence-corrected chi connectivity index (χ3v) is 2.86. The summed E-state index contributed by atoms with van der Waals surface area (Å²) >= 11 is 0. The van der Waals surface area contributed by atoms with Gasteiger partial charge in [-0.05, 0) is 17.0 Å². The van der Waals surface area contributed by atoms with Gasteiger partial charge in [-0.1, -0.05) is 38.1 Å². The summed E-state index contributed by atoms with van der Waals surface area (Å²) in [5.74, 6) is -0.765. The second kappa shape index (κ2) is 4.52. The van der Waals surface area contributed by atoms with Crippen LogP contribution in [0, 0.1) is 0 Å². The minimum Gasteiger partial charge on any atom is -0.477 e. The highest BCUT2D eigenvalue weighted by Gasteiger charge is 2.17. The first-order valence-corrected chi connectivity index (χ1v) is 5.65. The van der Waals surface area contributed by atoms with Gasteiger partial charge < -0.3 is 5.11 Å². The third-order valence-electron chi connectivity index (χ3n) is 2.86. The Balaban J connectivity index is 2.52. The number of hydrogen-bond donors (Lipinski definition) is 3. The number of aromatic amines is 2. The normalized spacial score (nSPS) is 10.8. The van der Waals surface area contributed by atoms with Crippen LogP contribution in [-0.4, -0.2) is 21.3 Å². The lowest BCUT2D eigenvalue weighted by molar-refractivity contribution is 0.0691. The van der Waals surface area contributed by atoms with E-state index in [2.05, 4.69) is 24.0 Å². The predicted octanol–water partition coefficient (Wildman–Crippen LogP) is 2.19. The topological polar surface area (TPSA) is 85.9 Å². The first-order valence-electron chi connectivity index (χ1n) is 5.65. The van der Waals surface area contributed by atoms with E-state index in [-0.39, 0.29) is 11.3 Å². The number of H-pyrrole nitrogens is 2. The predicted molar refractivity (Wildman–Crippen MR) is 67.9 cm³/mol. The van der Waals surface area contributed by atoms with Crippen LogP contribution < -0.4 is 5.56 Å². The zero-order valence-corrected chi connectivity index (χ0v) is 10.2. The van der Waals surface area contributed by atoms with E-state index in [9.17, 15) is 9.59 Å². The van der Waals surface area contributed by atoms with E-state index in [0.29, 0.717) is 11.5 Å². The molecule has 0 fully saturated rings. The van der Waals surface area contributed by atoms with Crippen LogP contribution in [0.3, 0.4) is 0 Å². The molecular formula is C13H14N2O3. The van der Waals surface area contributed by atoms with E-state index in [4.69, 9.17) is 5.11 Å². The molecule has 1 aromatic carbocycles. The van der Waals surface area contributed by atoms with Gasteiger partial charge in [-0.15, -0.1) is 0 Å². The van der Waals surface area contributed by atoms with Crippen molar-refractivity contribution in [2.75, 3.05) is 0 Å². The molecule has 0 atom stereocenters. The number of carboxylic acids is 1. The van der Waals surface area contributed by atoms with E-state index in [1.807, 2.05) is 12.1 Å². The van der Waals surface area contributed by atoms with Crippen LogP contribution in [0.15, 0.2) is 29.1 Å². The van der Waals surface area contributed by atoms with Crippen molar-refractivity contribution < 1.29 is 9.90 Å². The van der Waals surface area contributed by atoms with Crippen molar-refractivity contribution in [2.24, 2.45) is 0 Å². The van der Waals surface area contributed by atoms with Crippen molar-refractivity contribution >= 4 is 5.97 Å². The Morgan fingerprint density at radius 3 is 2.28 bits per heavy atom. The SMILES string of the molecule is CC(C)c1ccc(-c2c(C(=O)O)[nH][nH]c2=O)cc1. The Labute approximate surface area is 103 Å². The van der Waals surface area contributed by atoms with Crippen molar-refractivity contribution in [1.82, 2.24) is 10.2 Å². The van der Waals surface area contributed by atoms with Crippen LogP contribution in [0.5, 0.6) is 0 Å². The number of hydrogen-bond acceptors (Lipinski definition) is 2. The van der Waals surface area contributed by atoms with Crippen LogP contribution in [0.1, 0.15) is 35.8 Å². The number of aromatic nitrogens is 2. The Kier molecular flexibility index (Phi) is 3.06. The molecule has 0 radical (unpaired) electrons. The molecule has 1 heterocycles. The fourth-order valence-electron chi connectivity index (χ4n) is 1.83. The summed E-state index contributed by atoms with van der Waals surface area (Å²) in [5.41, 5.74) is 1.36. The monoisotopic (exact) mass is 246 g/mol. The zero-order chi connectivity index (χ0) is 13.3. The summed E-state index contributed by atoms with van der Waals surface area (Å²) in [6.07, 6.45) is 0. The Hall–Kier alpha value is -2.30. The molecule has 2 aromatic rings. The molecule has 1 aromatic heterocycles. The lowest BCUT2D eigenvalue weighted by atomic mass is 9.99. The highest BCUT2D eigenvalue weighted by molar-refractivity contribution is 5.93. The lowest BCUT2D eigenvalue weighted by Gasteiger charge is -2.06. The lowest BCUT2D eigenvalue weighted by Crippen LogP contribution is -2.05. The van der Waals surface area contributed by atoms with Gasteiger partial charge in [0.2, 0.25) is 0 Å². The Bertz CT molecular complexity index is 620. The minimum absolute atomic E-state index is 0.114. The number of carbonyl (C=O) groups is 1. The van der Waals surface area contributed by atoms with Crippen LogP contribution in [0.25, 0.3) is 11.1 Å². The molecule has 94 valence electrons. The van der Waals surface area contributed by atoms with Crippen molar-refractivity contribution in [2.45, 2.75) is 19.8 Å². The molecular weight excluding hydrogens is 232 g/mol. The Morgan fingerprint density at radius 1 is 1.17 bits per heavy atom. The quantitative estimate of drug-likeness (QED) is 0.775. The van der Waals surface area contributed by atoms with E-state index in [0.717, 1.165) is 5.56 Å². The van der Waals surface area contributed by atoms with Gasteiger partial charge in [0, 0.05) is 0 Å². The molecule has 0 spiro atoms. The van der Waals surface area contributed by atoms with E-state index >= 15 is 0 Å². The van der Waals surface area contributed by atoms with Gasteiger partial charge in [-0.25, -0.2) is 4.79 Å². The number of rotatable bonds is 3. The van der Waals surface area contributed by atoms with Crippen LogP contribution in [0.4, 0.5) is 0 Å². The van der Waals surface area contributed by atoms with Crippen molar-refractivity contribution in [1.29, 1.82) is 0 Å². The van der Waals surface area contributed by atoms with Gasteiger partial charge in [0.25, 0.3) is 5.56 Å². The summed E-state index contributed by atoms with van der Waals surface area (Å²) in [4.78, 5) is 22.6. The maximum absolute atomic E-state index is 11.6. The molecule has 0 aliphatic carbocycles. The molecule has 0 saturated carbocycles. The van der Waals surface area contributed by atoms with Gasteiger partial charge in [0.1, 0.15) is 0 Å². The number of aromatic carboxylic acids is 1. The number of benzene rings is 1.